The minimum Gasteiger partial charge on any atom is -0.393 e. The third kappa shape index (κ3) is 2.89. The first-order chi connectivity index (χ1) is 7.07. The molecule has 1 fully saturated rings. The van der Waals surface area contributed by atoms with Crippen molar-refractivity contribution >= 4 is 23.1 Å². The summed E-state index contributed by atoms with van der Waals surface area (Å²) in [6.07, 6.45) is 0.899. The molecule has 4 nitrogen and oxygen atoms in total. The summed E-state index contributed by atoms with van der Waals surface area (Å²) in [4.78, 5) is 14.1. The van der Waals surface area contributed by atoms with Gasteiger partial charge >= 0.3 is 0 Å². The second-order valence-electron chi connectivity index (χ2n) is 3.79. The zero-order chi connectivity index (χ0) is 11.4. The van der Waals surface area contributed by atoms with Crippen molar-refractivity contribution < 1.29 is 9.53 Å². The van der Waals surface area contributed by atoms with Gasteiger partial charge in [0.15, 0.2) is 0 Å². The maximum Gasteiger partial charge on any atom is 0.232 e. The number of nitrogens with two attached hydrogens (primary N) is 1. The van der Waals surface area contributed by atoms with Gasteiger partial charge in [0.25, 0.3) is 0 Å². The number of carbonyl (C=O) groups excluding carboxylic acids is 1. The Morgan fingerprint density at radius 3 is 2.93 bits per heavy atom. The van der Waals surface area contributed by atoms with Crippen molar-refractivity contribution in [2.45, 2.75) is 26.3 Å². The summed E-state index contributed by atoms with van der Waals surface area (Å²) in [5, 5.41) is 0. The Hall–Kier alpha value is -0.680. The zero-order valence-electron chi connectivity index (χ0n) is 9.23. The summed E-state index contributed by atoms with van der Waals surface area (Å²) in [6.45, 7) is 5.67. The molecule has 0 radical (unpaired) electrons. The van der Waals surface area contributed by atoms with E-state index in [0.717, 1.165) is 6.42 Å². The molecule has 0 aromatic carbocycles. The molecule has 1 aliphatic rings. The standard InChI is InChI=1S/C10H18N2O2S/c1-3-8-6-14-5-4-12(8)10(13)7(2)9(11)15/h7-8H,3-6H2,1-2H3,(H2,11,15). The fourth-order valence-corrected chi connectivity index (χ4v) is 1.75. The van der Waals surface area contributed by atoms with Crippen LogP contribution < -0.4 is 5.73 Å². The summed E-state index contributed by atoms with van der Waals surface area (Å²) in [7, 11) is 0. The third-order valence-corrected chi connectivity index (χ3v) is 3.13. The van der Waals surface area contributed by atoms with E-state index < -0.39 is 0 Å². The zero-order valence-corrected chi connectivity index (χ0v) is 10.0. The summed E-state index contributed by atoms with van der Waals surface area (Å²) in [5.41, 5.74) is 5.48. The average Bonchev–Trinajstić information content (AvgIpc) is 2.26. The molecular weight excluding hydrogens is 212 g/mol. The molecule has 0 aromatic heterocycles. The summed E-state index contributed by atoms with van der Waals surface area (Å²) in [5.74, 6) is -0.343. The van der Waals surface area contributed by atoms with E-state index in [1.165, 1.54) is 0 Å². The normalized spacial score (nSPS) is 23.6. The van der Waals surface area contributed by atoms with E-state index in [0.29, 0.717) is 19.8 Å². The van der Waals surface area contributed by atoms with Crippen molar-refractivity contribution in [1.82, 2.24) is 4.90 Å². The Balaban J connectivity index is 2.67. The van der Waals surface area contributed by atoms with Gasteiger partial charge in [0, 0.05) is 6.54 Å². The Morgan fingerprint density at radius 1 is 1.73 bits per heavy atom. The molecule has 1 amide bonds. The molecule has 15 heavy (non-hydrogen) atoms. The first-order valence-corrected chi connectivity index (χ1v) is 5.66. The van der Waals surface area contributed by atoms with E-state index >= 15 is 0 Å². The number of morpholine rings is 1. The van der Waals surface area contributed by atoms with E-state index in [1.807, 2.05) is 11.8 Å². The molecule has 1 rings (SSSR count). The average molecular weight is 230 g/mol. The van der Waals surface area contributed by atoms with Gasteiger partial charge < -0.3 is 15.4 Å². The van der Waals surface area contributed by atoms with Crippen LogP contribution >= 0.6 is 12.2 Å². The monoisotopic (exact) mass is 230 g/mol. The summed E-state index contributed by atoms with van der Waals surface area (Å²) in [6, 6.07) is 0.169. The molecule has 1 saturated heterocycles. The number of rotatable bonds is 3. The van der Waals surface area contributed by atoms with Gasteiger partial charge in [-0.25, -0.2) is 0 Å². The highest BCUT2D eigenvalue weighted by Crippen LogP contribution is 2.14. The van der Waals surface area contributed by atoms with E-state index in [9.17, 15) is 4.79 Å². The molecule has 0 saturated carbocycles. The first kappa shape index (κ1) is 12.4. The third-order valence-electron chi connectivity index (χ3n) is 2.78. The molecular formula is C10H18N2O2S. The Kier molecular flexibility index (Phi) is 4.47. The summed E-state index contributed by atoms with van der Waals surface area (Å²) < 4.78 is 5.34. The molecule has 1 heterocycles. The van der Waals surface area contributed by atoms with Crippen molar-refractivity contribution in [2.75, 3.05) is 19.8 Å². The van der Waals surface area contributed by atoms with Crippen LogP contribution in [0, 0.1) is 5.92 Å². The lowest BCUT2D eigenvalue weighted by atomic mass is 10.1. The largest absolute Gasteiger partial charge is 0.393 e. The van der Waals surface area contributed by atoms with Gasteiger partial charge in [-0.15, -0.1) is 0 Å². The molecule has 0 aromatic rings. The lowest BCUT2D eigenvalue weighted by Crippen LogP contribution is -2.51. The molecule has 86 valence electrons. The SMILES string of the molecule is CCC1COCCN1C(=O)C(C)C(N)=S. The van der Waals surface area contributed by atoms with Gasteiger partial charge in [0.2, 0.25) is 5.91 Å². The predicted octanol–water partition coefficient (Wildman–Crippen LogP) is 0.546. The van der Waals surface area contributed by atoms with Crippen LogP contribution in [-0.4, -0.2) is 41.6 Å². The molecule has 1 aliphatic heterocycles. The fraction of sp³-hybridized carbons (Fsp3) is 0.800. The van der Waals surface area contributed by atoms with Gasteiger partial charge in [-0.3, -0.25) is 4.79 Å². The molecule has 2 atom stereocenters. The second-order valence-corrected chi connectivity index (χ2v) is 4.26. The Morgan fingerprint density at radius 2 is 2.40 bits per heavy atom. The van der Waals surface area contributed by atoms with E-state index in [-0.39, 0.29) is 22.9 Å². The highest BCUT2D eigenvalue weighted by Gasteiger charge is 2.29. The van der Waals surface area contributed by atoms with Crippen molar-refractivity contribution in [2.24, 2.45) is 11.7 Å². The van der Waals surface area contributed by atoms with Crippen LogP contribution in [0.1, 0.15) is 20.3 Å². The van der Waals surface area contributed by atoms with Gasteiger partial charge in [-0.05, 0) is 13.3 Å². The minimum absolute atomic E-state index is 0.0256. The van der Waals surface area contributed by atoms with Crippen molar-refractivity contribution in [3.63, 3.8) is 0 Å². The predicted molar refractivity (Wildman–Crippen MR) is 62.6 cm³/mol. The molecule has 0 spiro atoms. The second kappa shape index (κ2) is 5.42. The highest BCUT2D eigenvalue weighted by molar-refractivity contribution is 7.80. The van der Waals surface area contributed by atoms with Crippen molar-refractivity contribution in [1.29, 1.82) is 0 Å². The molecule has 5 heteroatoms. The smallest absolute Gasteiger partial charge is 0.232 e. The fourth-order valence-electron chi connectivity index (χ4n) is 1.65. The van der Waals surface area contributed by atoms with Crippen LogP contribution in [0.25, 0.3) is 0 Å². The number of nitrogens with zero attached hydrogens (tertiary/aromatic N) is 1. The van der Waals surface area contributed by atoms with Crippen LogP contribution in [0.3, 0.4) is 0 Å². The number of ether oxygens (including phenoxy) is 1. The lowest BCUT2D eigenvalue weighted by Gasteiger charge is -2.36. The molecule has 2 N–H and O–H groups in total. The first-order valence-electron chi connectivity index (χ1n) is 5.25. The van der Waals surface area contributed by atoms with Gasteiger partial charge in [-0.1, -0.05) is 19.1 Å². The van der Waals surface area contributed by atoms with E-state index in [4.69, 9.17) is 22.7 Å². The Bertz CT molecular complexity index is 258. The van der Waals surface area contributed by atoms with Gasteiger partial charge in [0.1, 0.15) is 0 Å². The Labute approximate surface area is 95.8 Å². The number of amides is 1. The topological polar surface area (TPSA) is 55.6 Å². The van der Waals surface area contributed by atoms with Crippen molar-refractivity contribution in [3.8, 4) is 0 Å². The van der Waals surface area contributed by atoms with Crippen molar-refractivity contribution in [3.05, 3.63) is 0 Å². The number of carbonyl (C=O) groups is 1. The van der Waals surface area contributed by atoms with E-state index in [2.05, 4.69) is 0 Å². The van der Waals surface area contributed by atoms with Crippen LogP contribution in [0.15, 0.2) is 0 Å². The highest BCUT2D eigenvalue weighted by atomic mass is 32.1. The minimum atomic E-state index is -0.368. The van der Waals surface area contributed by atoms with Gasteiger partial charge in [0.05, 0.1) is 30.2 Å². The maximum atomic E-state index is 12.0. The quantitative estimate of drug-likeness (QED) is 0.719. The van der Waals surface area contributed by atoms with Crippen LogP contribution in [0.4, 0.5) is 0 Å². The number of hydrogen-bond donors (Lipinski definition) is 1. The molecule has 0 bridgehead atoms. The summed E-state index contributed by atoms with van der Waals surface area (Å²) >= 11 is 4.84. The lowest BCUT2D eigenvalue weighted by molar-refractivity contribution is -0.141. The maximum absolute atomic E-state index is 12.0. The van der Waals surface area contributed by atoms with Crippen LogP contribution in [0.5, 0.6) is 0 Å². The number of thiocarbonyl (C=S) groups is 1. The molecule has 0 aliphatic carbocycles. The van der Waals surface area contributed by atoms with E-state index in [1.54, 1.807) is 6.92 Å². The van der Waals surface area contributed by atoms with Crippen LogP contribution in [0.2, 0.25) is 0 Å². The molecule has 2 unspecified atom stereocenters. The van der Waals surface area contributed by atoms with Crippen LogP contribution in [-0.2, 0) is 9.53 Å². The number of hydrogen-bond acceptors (Lipinski definition) is 3. The van der Waals surface area contributed by atoms with Gasteiger partial charge in [-0.2, -0.15) is 0 Å².